The Kier molecular flexibility index (Phi) is 8.31. The molecule has 0 aliphatic carbocycles. The Balaban J connectivity index is 0.00000149. The molecule has 4 rings (SSSR count). The maximum absolute atomic E-state index is 11.0. The summed E-state index contributed by atoms with van der Waals surface area (Å²) in [5.41, 5.74) is 4.04. The van der Waals surface area contributed by atoms with Crippen LogP contribution in [0, 0.1) is 18.8 Å². The predicted octanol–water partition coefficient (Wildman–Crippen LogP) is 6.84. The molecule has 166 valence electrons. The van der Waals surface area contributed by atoms with Crippen molar-refractivity contribution < 1.29 is 9.90 Å². The van der Waals surface area contributed by atoms with Crippen LogP contribution in [0.15, 0.2) is 71.9 Å². The van der Waals surface area contributed by atoms with Gasteiger partial charge in [0.15, 0.2) is 0 Å². The minimum atomic E-state index is -1.13. The summed E-state index contributed by atoms with van der Waals surface area (Å²) in [4.78, 5) is 20.5. The molecule has 2 aromatic heterocycles. The van der Waals surface area contributed by atoms with E-state index in [9.17, 15) is 4.79 Å². The van der Waals surface area contributed by atoms with Crippen molar-refractivity contribution in [3.05, 3.63) is 94.4 Å². The van der Waals surface area contributed by atoms with Crippen LogP contribution in [0.4, 0.5) is 5.69 Å². The second kappa shape index (κ2) is 11.4. The van der Waals surface area contributed by atoms with Crippen LogP contribution in [0.3, 0.4) is 0 Å². The first-order valence-corrected chi connectivity index (χ1v) is 11.5. The van der Waals surface area contributed by atoms with Crippen molar-refractivity contribution in [1.29, 1.82) is 0 Å². The SMILES string of the molecule is CC.Cc1ccc2cccnc2c1SNc1ccccc1C#Cc1cnc(C(=O)O)cc1Cl. The van der Waals surface area contributed by atoms with Gasteiger partial charge in [0.2, 0.25) is 0 Å². The van der Waals surface area contributed by atoms with Gasteiger partial charge in [0.25, 0.3) is 0 Å². The van der Waals surface area contributed by atoms with Crippen LogP contribution in [0.1, 0.15) is 41.0 Å². The monoisotopic (exact) mass is 475 g/mol. The summed E-state index contributed by atoms with van der Waals surface area (Å²) in [7, 11) is 0. The molecule has 0 aliphatic rings. The second-order valence-electron chi connectivity index (χ2n) is 6.64. The fourth-order valence-electron chi connectivity index (χ4n) is 2.91. The van der Waals surface area contributed by atoms with Gasteiger partial charge in [-0.1, -0.05) is 67.6 Å². The number of pyridine rings is 2. The van der Waals surface area contributed by atoms with Gasteiger partial charge in [0, 0.05) is 23.3 Å². The van der Waals surface area contributed by atoms with E-state index in [0.29, 0.717) is 5.56 Å². The van der Waals surface area contributed by atoms with E-state index in [0.717, 1.165) is 32.6 Å². The molecule has 0 bridgehead atoms. The van der Waals surface area contributed by atoms with Crippen LogP contribution >= 0.6 is 23.5 Å². The molecule has 2 N–H and O–H groups in total. The summed E-state index contributed by atoms with van der Waals surface area (Å²) in [5.74, 6) is 4.94. The Hall–Kier alpha value is -3.53. The number of carboxylic acids is 1. The van der Waals surface area contributed by atoms with Crippen LogP contribution in [0.25, 0.3) is 10.9 Å². The average Bonchev–Trinajstić information content (AvgIpc) is 2.84. The quantitative estimate of drug-likeness (QED) is 0.249. The predicted molar refractivity (Wildman–Crippen MR) is 136 cm³/mol. The fraction of sp³-hybridized carbons (Fsp3) is 0.115. The van der Waals surface area contributed by atoms with Gasteiger partial charge in [0.1, 0.15) is 5.69 Å². The minimum absolute atomic E-state index is 0.118. The molecule has 0 fully saturated rings. The number of hydrogen-bond acceptors (Lipinski definition) is 5. The highest BCUT2D eigenvalue weighted by Gasteiger charge is 2.09. The first-order valence-electron chi connectivity index (χ1n) is 10.3. The van der Waals surface area contributed by atoms with Gasteiger partial charge in [-0.15, -0.1) is 0 Å². The van der Waals surface area contributed by atoms with Gasteiger partial charge in [-0.25, -0.2) is 9.78 Å². The number of carboxylic acid groups (broad SMARTS) is 1. The molecule has 0 unspecified atom stereocenters. The summed E-state index contributed by atoms with van der Waals surface area (Å²) in [6.07, 6.45) is 3.16. The summed E-state index contributed by atoms with van der Waals surface area (Å²) >= 11 is 7.65. The highest BCUT2D eigenvalue weighted by molar-refractivity contribution is 8.00. The zero-order valence-corrected chi connectivity index (χ0v) is 20.0. The van der Waals surface area contributed by atoms with E-state index in [1.165, 1.54) is 24.2 Å². The third kappa shape index (κ3) is 5.83. The number of fused-ring (bicyclic) bond motifs is 1. The number of carbonyl (C=O) groups is 1. The maximum atomic E-state index is 11.0. The van der Waals surface area contributed by atoms with Crippen molar-refractivity contribution in [2.45, 2.75) is 25.7 Å². The Morgan fingerprint density at radius 3 is 2.55 bits per heavy atom. The zero-order chi connectivity index (χ0) is 23.8. The van der Waals surface area contributed by atoms with E-state index in [1.807, 2.05) is 50.2 Å². The van der Waals surface area contributed by atoms with Crippen LogP contribution < -0.4 is 4.72 Å². The van der Waals surface area contributed by atoms with Gasteiger partial charge in [0.05, 0.1) is 26.7 Å². The van der Waals surface area contributed by atoms with Gasteiger partial charge in [-0.05, 0) is 48.7 Å². The van der Waals surface area contributed by atoms with E-state index in [4.69, 9.17) is 16.7 Å². The van der Waals surface area contributed by atoms with Gasteiger partial charge in [-0.2, -0.15) is 0 Å². The van der Waals surface area contributed by atoms with E-state index >= 15 is 0 Å². The number of aromatic carboxylic acids is 1. The lowest BCUT2D eigenvalue weighted by atomic mass is 10.1. The largest absolute Gasteiger partial charge is 0.477 e. The second-order valence-corrected chi connectivity index (χ2v) is 7.86. The number of nitrogens with one attached hydrogen (secondary N) is 1. The topological polar surface area (TPSA) is 75.1 Å². The highest BCUT2D eigenvalue weighted by Crippen LogP contribution is 2.31. The zero-order valence-electron chi connectivity index (χ0n) is 18.4. The number of benzene rings is 2. The molecule has 0 spiro atoms. The van der Waals surface area contributed by atoms with Crippen LogP contribution in [-0.4, -0.2) is 21.0 Å². The van der Waals surface area contributed by atoms with Crippen LogP contribution in [0.5, 0.6) is 0 Å². The Labute approximate surface area is 202 Å². The number of hydrogen-bond donors (Lipinski definition) is 2. The smallest absolute Gasteiger partial charge is 0.354 e. The average molecular weight is 476 g/mol. The molecule has 5 nitrogen and oxygen atoms in total. The van der Waals surface area contributed by atoms with Gasteiger partial charge < -0.3 is 9.83 Å². The van der Waals surface area contributed by atoms with Crippen molar-refractivity contribution in [3.63, 3.8) is 0 Å². The highest BCUT2D eigenvalue weighted by atomic mass is 35.5. The lowest BCUT2D eigenvalue weighted by Gasteiger charge is -2.11. The first kappa shape index (κ1) is 24.1. The maximum Gasteiger partial charge on any atom is 0.354 e. The number of anilines is 1. The van der Waals surface area contributed by atoms with Crippen molar-refractivity contribution in [2.24, 2.45) is 0 Å². The minimum Gasteiger partial charge on any atom is -0.477 e. The Morgan fingerprint density at radius 2 is 1.79 bits per heavy atom. The molecule has 0 radical (unpaired) electrons. The summed E-state index contributed by atoms with van der Waals surface area (Å²) < 4.78 is 3.39. The van der Waals surface area contributed by atoms with E-state index in [1.54, 1.807) is 6.20 Å². The van der Waals surface area contributed by atoms with Crippen molar-refractivity contribution in [2.75, 3.05) is 4.72 Å². The lowest BCUT2D eigenvalue weighted by Crippen LogP contribution is -2.00. The first-order chi connectivity index (χ1) is 16.0. The molecular weight excluding hydrogens is 454 g/mol. The molecule has 0 amide bonds. The van der Waals surface area contributed by atoms with E-state index in [2.05, 4.69) is 45.6 Å². The lowest BCUT2D eigenvalue weighted by molar-refractivity contribution is 0.0690. The molecule has 2 heterocycles. The van der Waals surface area contributed by atoms with E-state index < -0.39 is 5.97 Å². The van der Waals surface area contributed by atoms with Crippen LogP contribution in [-0.2, 0) is 0 Å². The molecular formula is C26H22ClN3O2S. The van der Waals surface area contributed by atoms with Crippen molar-refractivity contribution >= 4 is 46.1 Å². The molecule has 7 heteroatoms. The standard InChI is InChI=1S/C24H16ClN3O2S.C2H6/c1-15-8-9-17-6-4-12-26-22(17)23(15)31-28-20-7-3-2-5-16(20)10-11-18-14-27-21(24(29)30)13-19(18)25;1-2/h2-9,12-14,28H,1H3,(H,29,30);1-2H3. The number of para-hydroxylation sites is 1. The molecule has 0 saturated heterocycles. The van der Waals surface area contributed by atoms with E-state index in [-0.39, 0.29) is 10.7 Å². The third-order valence-electron chi connectivity index (χ3n) is 4.52. The molecule has 2 aromatic carbocycles. The molecule has 4 aromatic rings. The summed E-state index contributed by atoms with van der Waals surface area (Å²) in [6, 6.07) is 17.1. The molecule has 0 saturated carbocycles. The normalized spacial score (nSPS) is 9.94. The van der Waals surface area contributed by atoms with Crippen molar-refractivity contribution in [3.8, 4) is 11.8 Å². The number of aryl methyl sites for hydroxylation is 1. The number of aromatic nitrogens is 2. The van der Waals surface area contributed by atoms with Crippen LogP contribution in [0.2, 0.25) is 5.02 Å². The number of nitrogens with zero attached hydrogens (tertiary/aromatic N) is 2. The number of halogens is 1. The summed E-state index contributed by atoms with van der Waals surface area (Å²) in [6.45, 7) is 6.06. The third-order valence-corrected chi connectivity index (χ3v) is 5.87. The number of rotatable bonds is 4. The molecule has 33 heavy (non-hydrogen) atoms. The van der Waals surface area contributed by atoms with Crippen molar-refractivity contribution in [1.82, 2.24) is 9.97 Å². The molecule has 0 atom stereocenters. The Morgan fingerprint density at radius 1 is 1.03 bits per heavy atom. The summed E-state index contributed by atoms with van der Waals surface area (Å²) in [5, 5.41) is 10.3. The Bertz CT molecular complexity index is 1360. The van der Waals surface area contributed by atoms with Gasteiger partial charge >= 0.3 is 5.97 Å². The fourth-order valence-corrected chi connectivity index (χ4v) is 4.00. The van der Waals surface area contributed by atoms with Gasteiger partial charge in [-0.3, -0.25) is 4.98 Å². The molecule has 0 aliphatic heterocycles.